The Hall–Kier alpha value is -0.550. The van der Waals surface area contributed by atoms with E-state index in [2.05, 4.69) is 11.4 Å². The zero-order chi connectivity index (χ0) is 7.40. The van der Waals surface area contributed by atoms with Crippen molar-refractivity contribution in [3.8, 4) is 6.07 Å². The van der Waals surface area contributed by atoms with Gasteiger partial charge in [0.25, 0.3) is 0 Å². The fourth-order valence-electron chi connectivity index (χ4n) is 1.44. The van der Waals surface area contributed by atoms with Crippen molar-refractivity contribution in [3.63, 3.8) is 0 Å². The molecule has 0 radical (unpaired) electrons. The average molecular weight is 138 g/mol. The first-order valence-corrected chi connectivity index (χ1v) is 3.96. The second-order valence-corrected chi connectivity index (χ2v) is 3.06. The van der Waals surface area contributed by atoms with Gasteiger partial charge in [0.1, 0.15) is 0 Å². The second kappa shape index (κ2) is 3.58. The molecule has 0 aliphatic carbocycles. The molecule has 0 saturated carbocycles. The molecule has 0 aromatic carbocycles. The molecule has 1 rings (SSSR count). The Labute approximate surface area is 62.2 Å². The van der Waals surface area contributed by atoms with Gasteiger partial charge in [-0.2, -0.15) is 5.26 Å². The van der Waals surface area contributed by atoms with Crippen LogP contribution in [0, 0.1) is 17.2 Å². The molecular formula is C8H14N2. The zero-order valence-electron chi connectivity index (χ0n) is 6.43. The van der Waals surface area contributed by atoms with E-state index < -0.39 is 0 Å². The number of nitrogens with one attached hydrogen (secondary N) is 1. The first kappa shape index (κ1) is 7.56. The summed E-state index contributed by atoms with van der Waals surface area (Å²) in [4.78, 5) is 0. The van der Waals surface area contributed by atoms with Crippen LogP contribution in [0.1, 0.15) is 26.2 Å². The van der Waals surface area contributed by atoms with Gasteiger partial charge in [-0.1, -0.05) is 0 Å². The van der Waals surface area contributed by atoms with Gasteiger partial charge >= 0.3 is 0 Å². The van der Waals surface area contributed by atoms with Crippen molar-refractivity contribution in [2.45, 2.75) is 32.2 Å². The molecule has 1 aliphatic heterocycles. The fraction of sp³-hybridized carbons (Fsp3) is 0.875. The van der Waals surface area contributed by atoms with Crippen molar-refractivity contribution in [1.82, 2.24) is 5.32 Å². The summed E-state index contributed by atoms with van der Waals surface area (Å²) in [6, 6.07) is 2.87. The van der Waals surface area contributed by atoms with E-state index in [-0.39, 0.29) is 5.92 Å². The Kier molecular flexibility index (Phi) is 2.70. The highest BCUT2D eigenvalue weighted by molar-refractivity contribution is 4.85. The van der Waals surface area contributed by atoms with E-state index in [9.17, 15) is 0 Å². The smallest absolute Gasteiger partial charge is 0.0653 e. The molecular weight excluding hydrogens is 124 g/mol. The molecule has 2 heteroatoms. The molecule has 2 nitrogen and oxygen atoms in total. The lowest BCUT2D eigenvalue weighted by Gasteiger charge is -2.09. The lowest BCUT2D eigenvalue weighted by molar-refractivity contribution is 0.499. The number of nitrogens with zero attached hydrogens (tertiary/aromatic N) is 1. The lowest BCUT2D eigenvalue weighted by Crippen LogP contribution is -2.23. The number of nitriles is 1. The zero-order valence-corrected chi connectivity index (χ0v) is 6.43. The summed E-state index contributed by atoms with van der Waals surface area (Å²) in [5, 5.41) is 11.9. The van der Waals surface area contributed by atoms with Crippen LogP contribution in [0.15, 0.2) is 0 Å². The standard InChI is InChI=1S/C8H14N2/c1-7(6-9)5-8-3-2-4-10-8/h7-8,10H,2-5H2,1H3. The van der Waals surface area contributed by atoms with Gasteiger partial charge in [0, 0.05) is 12.0 Å². The summed E-state index contributed by atoms with van der Waals surface area (Å²) in [6.07, 6.45) is 3.56. The Morgan fingerprint density at radius 2 is 2.60 bits per heavy atom. The minimum absolute atomic E-state index is 0.218. The average Bonchev–Trinajstić information content (AvgIpc) is 2.40. The first-order valence-electron chi connectivity index (χ1n) is 3.96. The van der Waals surface area contributed by atoms with Crippen molar-refractivity contribution in [2.24, 2.45) is 5.92 Å². The molecule has 10 heavy (non-hydrogen) atoms. The SMILES string of the molecule is CC(C#N)CC1CCCN1. The van der Waals surface area contributed by atoms with Gasteiger partial charge in [-0.05, 0) is 32.7 Å². The van der Waals surface area contributed by atoms with Crippen molar-refractivity contribution in [1.29, 1.82) is 5.26 Å². The third kappa shape index (κ3) is 2.00. The van der Waals surface area contributed by atoms with Gasteiger partial charge in [0.2, 0.25) is 0 Å². The van der Waals surface area contributed by atoms with Crippen LogP contribution in [-0.2, 0) is 0 Å². The maximum Gasteiger partial charge on any atom is 0.0653 e. The van der Waals surface area contributed by atoms with Crippen molar-refractivity contribution >= 4 is 0 Å². The minimum atomic E-state index is 0.218. The van der Waals surface area contributed by atoms with Crippen LogP contribution < -0.4 is 5.32 Å². The summed E-state index contributed by atoms with van der Waals surface area (Å²) < 4.78 is 0. The van der Waals surface area contributed by atoms with Crippen LogP contribution in [0.25, 0.3) is 0 Å². The van der Waals surface area contributed by atoms with E-state index in [1.807, 2.05) is 6.92 Å². The van der Waals surface area contributed by atoms with E-state index in [0.29, 0.717) is 6.04 Å². The molecule has 0 aromatic heterocycles. The molecule has 2 unspecified atom stereocenters. The quantitative estimate of drug-likeness (QED) is 0.624. The van der Waals surface area contributed by atoms with Gasteiger partial charge in [0.15, 0.2) is 0 Å². The topological polar surface area (TPSA) is 35.8 Å². The summed E-state index contributed by atoms with van der Waals surface area (Å²) in [5.74, 6) is 0.218. The van der Waals surface area contributed by atoms with E-state index in [4.69, 9.17) is 5.26 Å². The highest BCUT2D eigenvalue weighted by Crippen LogP contribution is 2.13. The normalized spacial score (nSPS) is 27.8. The largest absolute Gasteiger partial charge is 0.314 e. The van der Waals surface area contributed by atoms with Crippen LogP contribution in [0.2, 0.25) is 0 Å². The van der Waals surface area contributed by atoms with Gasteiger partial charge in [-0.25, -0.2) is 0 Å². The molecule has 0 aromatic rings. The van der Waals surface area contributed by atoms with E-state index in [1.54, 1.807) is 0 Å². The maximum atomic E-state index is 8.52. The number of hydrogen-bond donors (Lipinski definition) is 1. The molecule has 2 atom stereocenters. The molecule has 1 aliphatic rings. The van der Waals surface area contributed by atoms with Crippen LogP contribution in [0.3, 0.4) is 0 Å². The molecule has 1 N–H and O–H groups in total. The molecule has 1 fully saturated rings. The Balaban J connectivity index is 2.19. The van der Waals surface area contributed by atoms with Crippen molar-refractivity contribution in [2.75, 3.05) is 6.54 Å². The fourth-order valence-corrected chi connectivity index (χ4v) is 1.44. The highest BCUT2D eigenvalue weighted by atomic mass is 14.9. The van der Waals surface area contributed by atoms with Gasteiger partial charge in [-0.3, -0.25) is 0 Å². The summed E-state index contributed by atoms with van der Waals surface area (Å²) in [6.45, 7) is 3.13. The van der Waals surface area contributed by atoms with Gasteiger partial charge in [-0.15, -0.1) is 0 Å². The molecule has 0 spiro atoms. The Morgan fingerprint density at radius 1 is 1.80 bits per heavy atom. The van der Waals surface area contributed by atoms with Crippen molar-refractivity contribution < 1.29 is 0 Å². The van der Waals surface area contributed by atoms with E-state index in [0.717, 1.165) is 13.0 Å². The van der Waals surface area contributed by atoms with Crippen LogP contribution in [0.5, 0.6) is 0 Å². The Bertz CT molecular complexity index is 131. The van der Waals surface area contributed by atoms with Crippen LogP contribution in [-0.4, -0.2) is 12.6 Å². The first-order chi connectivity index (χ1) is 4.83. The third-order valence-electron chi connectivity index (χ3n) is 2.02. The summed E-state index contributed by atoms with van der Waals surface area (Å²) >= 11 is 0. The monoisotopic (exact) mass is 138 g/mol. The summed E-state index contributed by atoms with van der Waals surface area (Å²) in [7, 11) is 0. The van der Waals surface area contributed by atoms with Gasteiger partial charge in [0.05, 0.1) is 6.07 Å². The third-order valence-corrected chi connectivity index (χ3v) is 2.02. The molecule has 1 saturated heterocycles. The van der Waals surface area contributed by atoms with Crippen molar-refractivity contribution in [3.05, 3.63) is 0 Å². The Morgan fingerprint density at radius 3 is 3.10 bits per heavy atom. The number of hydrogen-bond acceptors (Lipinski definition) is 2. The number of rotatable bonds is 2. The van der Waals surface area contributed by atoms with Gasteiger partial charge < -0.3 is 5.32 Å². The lowest BCUT2D eigenvalue weighted by atomic mass is 10.0. The molecule has 1 heterocycles. The second-order valence-electron chi connectivity index (χ2n) is 3.06. The van der Waals surface area contributed by atoms with E-state index in [1.165, 1.54) is 12.8 Å². The molecule has 0 bridgehead atoms. The van der Waals surface area contributed by atoms with E-state index >= 15 is 0 Å². The summed E-state index contributed by atoms with van der Waals surface area (Å²) in [5.41, 5.74) is 0. The highest BCUT2D eigenvalue weighted by Gasteiger charge is 2.16. The minimum Gasteiger partial charge on any atom is -0.314 e. The van der Waals surface area contributed by atoms with Crippen LogP contribution >= 0.6 is 0 Å². The maximum absolute atomic E-state index is 8.52. The predicted molar refractivity (Wildman–Crippen MR) is 40.4 cm³/mol. The molecule has 56 valence electrons. The van der Waals surface area contributed by atoms with Crippen LogP contribution in [0.4, 0.5) is 0 Å². The predicted octanol–water partition coefficient (Wildman–Crippen LogP) is 1.29. The molecule has 0 amide bonds.